The number of nitrogens with one attached hydrogen (secondary N) is 1. The summed E-state index contributed by atoms with van der Waals surface area (Å²) in [7, 11) is 0. The molecule has 0 unspecified atom stereocenters. The van der Waals surface area contributed by atoms with Crippen molar-refractivity contribution in [2.45, 2.75) is 127 Å². The summed E-state index contributed by atoms with van der Waals surface area (Å²) < 4.78 is 11.2. The van der Waals surface area contributed by atoms with E-state index in [4.69, 9.17) is 9.15 Å². The van der Waals surface area contributed by atoms with Crippen LogP contribution in [0.3, 0.4) is 0 Å². The molecule has 0 spiro atoms. The number of rotatable bonds is 3. The van der Waals surface area contributed by atoms with E-state index in [0.29, 0.717) is 17.8 Å². The van der Waals surface area contributed by atoms with Crippen LogP contribution >= 0.6 is 0 Å². The van der Waals surface area contributed by atoms with Crippen LogP contribution in [-0.4, -0.2) is 28.9 Å². The first-order chi connectivity index (χ1) is 17.7. The maximum absolute atomic E-state index is 12.6. The number of amides is 1. The summed E-state index contributed by atoms with van der Waals surface area (Å²) >= 11 is 0. The van der Waals surface area contributed by atoms with Gasteiger partial charge in [-0.2, -0.15) is 0 Å². The molecule has 1 aromatic heterocycles. The van der Waals surface area contributed by atoms with Gasteiger partial charge in [-0.1, -0.05) is 33.1 Å². The van der Waals surface area contributed by atoms with Crippen LogP contribution in [0.4, 0.5) is 4.79 Å². The van der Waals surface area contributed by atoms with Crippen molar-refractivity contribution in [3.8, 4) is 0 Å². The van der Waals surface area contributed by atoms with Crippen LogP contribution in [0.25, 0.3) is 0 Å². The first-order valence-corrected chi connectivity index (χ1v) is 15.0. The minimum absolute atomic E-state index is 0.0127. The largest absolute Gasteiger partial charge is 0.446 e. The van der Waals surface area contributed by atoms with E-state index in [-0.39, 0.29) is 40.6 Å². The molecule has 5 aliphatic rings. The number of carbonyl (C=O) groups is 1. The predicted octanol–water partition coefficient (Wildman–Crippen LogP) is 6.31. The highest BCUT2D eigenvalue weighted by molar-refractivity contribution is 5.67. The molecule has 0 aromatic carbocycles. The first kappa shape index (κ1) is 25.5. The number of carbonyl (C=O) groups excluding carboxylic acids is 1. The molecule has 5 saturated carbocycles. The van der Waals surface area contributed by atoms with Gasteiger partial charge in [0.25, 0.3) is 0 Å². The molecular formula is C31H45NO5. The lowest BCUT2D eigenvalue weighted by atomic mass is 9.43. The second kappa shape index (κ2) is 9.43. The van der Waals surface area contributed by atoms with Gasteiger partial charge in [0.15, 0.2) is 0 Å². The zero-order chi connectivity index (χ0) is 25.8. The third-order valence-electron chi connectivity index (χ3n) is 12.1. The van der Waals surface area contributed by atoms with Crippen molar-refractivity contribution in [1.29, 1.82) is 0 Å². The minimum atomic E-state index is -0.683. The highest BCUT2D eigenvalue weighted by Gasteiger charge is 2.67. The van der Waals surface area contributed by atoms with Gasteiger partial charge in [0.05, 0.1) is 11.9 Å². The molecule has 6 rings (SSSR count). The minimum Gasteiger partial charge on any atom is -0.446 e. The van der Waals surface area contributed by atoms with Gasteiger partial charge in [-0.05, 0) is 111 Å². The quantitative estimate of drug-likeness (QED) is 0.497. The van der Waals surface area contributed by atoms with Crippen LogP contribution in [0.2, 0.25) is 0 Å². The summed E-state index contributed by atoms with van der Waals surface area (Å²) in [6.45, 7) is 4.76. The van der Waals surface area contributed by atoms with Gasteiger partial charge in [-0.25, -0.2) is 9.59 Å². The molecule has 2 N–H and O–H groups in total. The Labute approximate surface area is 220 Å². The Morgan fingerprint density at radius 1 is 0.973 bits per heavy atom. The lowest BCUT2D eigenvalue weighted by molar-refractivity contribution is -0.205. The van der Waals surface area contributed by atoms with Gasteiger partial charge in [-0.15, -0.1) is 0 Å². The number of hydrogen-bond acceptors (Lipinski definition) is 5. The van der Waals surface area contributed by atoms with Crippen molar-refractivity contribution in [3.05, 3.63) is 34.4 Å². The topological polar surface area (TPSA) is 88.8 Å². The van der Waals surface area contributed by atoms with Gasteiger partial charge in [0.2, 0.25) is 0 Å². The molecule has 204 valence electrons. The van der Waals surface area contributed by atoms with Gasteiger partial charge in [-0.3, -0.25) is 0 Å². The maximum Gasteiger partial charge on any atom is 0.407 e. The van der Waals surface area contributed by atoms with Crippen LogP contribution in [0.1, 0.15) is 115 Å². The summed E-state index contributed by atoms with van der Waals surface area (Å²) in [5, 5.41) is 15.5. The van der Waals surface area contributed by atoms with E-state index in [2.05, 4.69) is 19.2 Å². The molecular weight excluding hydrogens is 466 g/mol. The lowest BCUT2D eigenvalue weighted by Gasteiger charge is -2.63. The van der Waals surface area contributed by atoms with E-state index in [0.717, 1.165) is 76.2 Å². The van der Waals surface area contributed by atoms with Crippen LogP contribution in [-0.2, 0) is 4.74 Å². The molecule has 5 aliphatic carbocycles. The Kier molecular flexibility index (Phi) is 6.49. The Balaban J connectivity index is 1.14. The number of fused-ring (bicyclic) bond motifs is 5. The normalized spacial score (nSPS) is 43.8. The Morgan fingerprint density at radius 2 is 1.78 bits per heavy atom. The highest BCUT2D eigenvalue weighted by Crippen LogP contribution is 2.70. The summed E-state index contributed by atoms with van der Waals surface area (Å²) in [6.07, 6.45) is 16.2. The van der Waals surface area contributed by atoms with Crippen molar-refractivity contribution in [1.82, 2.24) is 5.32 Å². The second-order valence-corrected chi connectivity index (χ2v) is 13.6. The Bertz CT molecular complexity index is 1040. The fraction of sp³-hybridized carbons (Fsp3) is 0.806. The monoisotopic (exact) mass is 511 g/mol. The van der Waals surface area contributed by atoms with E-state index in [1.165, 1.54) is 25.3 Å². The van der Waals surface area contributed by atoms with E-state index in [9.17, 15) is 14.7 Å². The second-order valence-electron chi connectivity index (χ2n) is 13.6. The first-order valence-electron chi connectivity index (χ1n) is 15.0. The molecule has 1 heterocycles. The Hall–Kier alpha value is -1.82. The summed E-state index contributed by atoms with van der Waals surface area (Å²) in [6, 6.07) is 3.71. The van der Waals surface area contributed by atoms with Crippen LogP contribution in [0, 0.1) is 28.6 Å². The number of alkyl carbamates (subject to hydrolysis) is 1. The van der Waals surface area contributed by atoms with Crippen LogP contribution < -0.4 is 10.9 Å². The van der Waals surface area contributed by atoms with E-state index >= 15 is 0 Å². The van der Waals surface area contributed by atoms with Crippen molar-refractivity contribution in [3.63, 3.8) is 0 Å². The summed E-state index contributed by atoms with van der Waals surface area (Å²) in [5.41, 5.74) is 0.0491. The van der Waals surface area contributed by atoms with Crippen LogP contribution in [0.15, 0.2) is 27.6 Å². The molecule has 6 nitrogen and oxygen atoms in total. The van der Waals surface area contributed by atoms with E-state index < -0.39 is 5.60 Å². The third kappa shape index (κ3) is 4.17. The molecule has 8 atom stereocenters. The van der Waals surface area contributed by atoms with Gasteiger partial charge in [0.1, 0.15) is 6.10 Å². The molecule has 5 fully saturated rings. The molecule has 1 aromatic rings. The van der Waals surface area contributed by atoms with Gasteiger partial charge < -0.3 is 19.6 Å². The van der Waals surface area contributed by atoms with E-state index in [1.54, 1.807) is 6.26 Å². The fourth-order valence-electron chi connectivity index (χ4n) is 9.99. The SMILES string of the molecule is C[C@]12CC[C@H](OC(=O)NC3CCCCC3)C[C@H]1CC[C@@H]1[C@@H]2CC[C@]2(C)[C@@H](c3ccc(=O)oc3)CC[C@]12O. The predicted molar refractivity (Wildman–Crippen MR) is 141 cm³/mol. The molecule has 0 saturated heterocycles. The third-order valence-corrected chi connectivity index (χ3v) is 12.1. The molecule has 6 heteroatoms. The van der Waals surface area contributed by atoms with Crippen molar-refractivity contribution in [2.24, 2.45) is 28.6 Å². The summed E-state index contributed by atoms with van der Waals surface area (Å²) in [4.78, 5) is 24.2. The zero-order valence-corrected chi connectivity index (χ0v) is 22.7. The smallest absolute Gasteiger partial charge is 0.407 e. The maximum atomic E-state index is 12.6. The standard InChI is InChI=1S/C31H45NO5/c1-29-15-12-23(37-28(34)32-22-6-4-3-5-7-22)18-21(29)9-10-26-25(29)13-16-30(2)24(14-17-31(26,30)35)20-8-11-27(33)36-19-20/h8,11,19,21-26,35H,3-7,9-10,12-18H2,1-2H3,(H,32,34)/t21-,23+,24-,25+,26-,29+,30-,31+/m1/s1. The molecule has 0 radical (unpaired) electrons. The number of aliphatic hydroxyl groups is 1. The van der Waals surface area contributed by atoms with Crippen molar-refractivity contribution in [2.75, 3.05) is 0 Å². The molecule has 0 aliphatic heterocycles. The molecule has 0 bridgehead atoms. The zero-order valence-electron chi connectivity index (χ0n) is 22.7. The molecule has 37 heavy (non-hydrogen) atoms. The van der Waals surface area contributed by atoms with Gasteiger partial charge in [0, 0.05) is 17.5 Å². The lowest BCUT2D eigenvalue weighted by Crippen LogP contribution is -2.62. The highest BCUT2D eigenvalue weighted by atomic mass is 16.6. The Morgan fingerprint density at radius 3 is 2.54 bits per heavy atom. The van der Waals surface area contributed by atoms with Crippen molar-refractivity contribution >= 4 is 6.09 Å². The molecule has 1 amide bonds. The average Bonchev–Trinajstić information content (AvgIpc) is 3.16. The van der Waals surface area contributed by atoms with Crippen LogP contribution in [0.5, 0.6) is 0 Å². The fourth-order valence-corrected chi connectivity index (χ4v) is 9.99. The van der Waals surface area contributed by atoms with Gasteiger partial charge >= 0.3 is 11.7 Å². The number of hydrogen-bond donors (Lipinski definition) is 2. The van der Waals surface area contributed by atoms with Crippen molar-refractivity contribution < 1.29 is 19.1 Å². The average molecular weight is 512 g/mol. The summed E-state index contributed by atoms with van der Waals surface area (Å²) in [5.74, 6) is 1.58. The number of ether oxygens (including phenoxy) is 1. The van der Waals surface area contributed by atoms with E-state index in [1.807, 2.05) is 6.07 Å².